The van der Waals surface area contributed by atoms with E-state index in [2.05, 4.69) is 34.1 Å². The van der Waals surface area contributed by atoms with Crippen molar-refractivity contribution in [2.75, 3.05) is 12.0 Å². The summed E-state index contributed by atoms with van der Waals surface area (Å²) in [6, 6.07) is 30.0. The standard InChI is InChI=1S/C28H20BrNO2/c1-32-27-15-14-19(17-24(27)29)16-22-18-26(21-9-3-2-4-10-21)30(28(22)31)25-13-7-11-20-8-5-6-12-23(20)25/h2-18H,1H3/b22-16-. The molecular weight excluding hydrogens is 462 g/mol. The Kier molecular flexibility index (Phi) is 5.38. The van der Waals surface area contributed by atoms with Gasteiger partial charge in [0, 0.05) is 11.0 Å². The maximum Gasteiger partial charge on any atom is 0.262 e. The molecule has 32 heavy (non-hydrogen) atoms. The minimum atomic E-state index is -0.0489. The molecular formula is C28H20BrNO2. The van der Waals surface area contributed by atoms with Gasteiger partial charge in [-0.25, -0.2) is 0 Å². The lowest BCUT2D eigenvalue weighted by Gasteiger charge is -2.22. The highest BCUT2D eigenvalue weighted by atomic mass is 79.9. The highest BCUT2D eigenvalue weighted by molar-refractivity contribution is 9.10. The summed E-state index contributed by atoms with van der Waals surface area (Å²) < 4.78 is 6.17. The Labute approximate surface area is 195 Å². The van der Waals surface area contributed by atoms with E-state index in [1.807, 2.05) is 89.8 Å². The number of methoxy groups -OCH3 is 1. The van der Waals surface area contributed by atoms with E-state index < -0.39 is 0 Å². The van der Waals surface area contributed by atoms with Gasteiger partial charge in [-0.1, -0.05) is 72.8 Å². The number of fused-ring (bicyclic) bond motifs is 1. The lowest BCUT2D eigenvalue weighted by molar-refractivity contribution is -0.113. The van der Waals surface area contributed by atoms with Crippen LogP contribution in [0, 0.1) is 0 Å². The molecule has 0 saturated heterocycles. The molecule has 0 radical (unpaired) electrons. The number of ether oxygens (including phenoxy) is 1. The Morgan fingerprint density at radius 3 is 2.41 bits per heavy atom. The molecule has 3 nitrogen and oxygen atoms in total. The third-order valence-corrected chi connectivity index (χ3v) is 6.18. The highest BCUT2D eigenvalue weighted by Crippen LogP contribution is 2.39. The van der Waals surface area contributed by atoms with Gasteiger partial charge in [-0.2, -0.15) is 0 Å². The molecule has 0 spiro atoms. The van der Waals surface area contributed by atoms with E-state index >= 15 is 0 Å². The van der Waals surface area contributed by atoms with Crippen LogP contribution in [0.2, 0.25) is 0 Å². The number of hydrogen-bond acceptors (Lipinski definition) is 2. The topological polar surface area (TPSA) is 29.5 Å². The van der Waals surface area contributed by atoms with Crippen molar-refractivity contribution in [3.05, 3.63) is 118 Å². The molecule has 1 aliphatic heterocycles. The zero-order valence-corrected chi connectivity index (χ0v) is 19.0. The van der Waals surface area contributed by atoms with Crippen LogP contribution in [-0.4, -0.2) is 13.0 Å². The molecule has 4 aromatic rings. The Bertz CT molecular complexity index is 1380. The van der Waals surface area contributed by atoms with Gasteiger partial charge < -0.3 is 4.74 Å². The van der Waals surface area contributed by atoms with Crippen LogP contribution in [0.25, 0.3) is 22.5 Å². The number of carbonyl (C=O) groups excluding carboxylic acids is 1. The zero-order valence-electron chi connectivity index (χ0n) is 17.5. The van der Waals surface area contributed by atoms with Gasteiger partial charge in [-0.3, -0.25) is 9.69 Å². The Morgan fingerprint density at radius 1 is 0.875 bits per heavy atom. The minimum Gasteiger partial charge on any atom is -0.496 e. The maximum absolute atomic E-state index is 13.7. The molecule has 5 rings (SSSR count). The van der Waals surface area contributed by atoms with E-state index in [1.54, 1.807) is 7.11 Å². The van der Waals surface area contributed by atoms with Crippen LogP contribution in [0.15, 0.2) is 107 Å². The molecule has 156 valence electrons. The number of anilines is 1. The molecule has 0 saturated carbocycles. The number of nitrogens with zero attached hydrogens (tertiary/aromatic N) is 1. The van der Waals surface area contributed by atoms with Crippen molar-refractivity contribution in [3.63, 3.8) is 0 Å². The summed E-state index contributed by atoms with van der Waals surface area (Å²) in [5.41, 5.74) is 4.29. The van der Waals surface area contributed by atoms with Crippen LogP contribution in [0.5, 0.6) is 5.75 Å². The van der Waals surface area contributed by atoms with Gasteiger partial charge in [-0.05, 0) is 62.8 Å². The average molecular weight is 482 g/mol. The van der Waals surface area contributed by atoms with Crippen molar-refractivity contribution < 1.29 is 9.53 Å². The number of rotatable bonds is 4. The summed E-state index contributed by atoms with van der Waals surface area (Å²) in [6.07, 6.45) is 3.89. The summed E-state index contributed by atoms with van der Waals surface area (Å²) in [7, 11) is 1.63. The van der Waals surface area contributed by atoms with Gasteiger partial charge in [0.15, 0.2) is 0 Å². The van der Waals surface area contributed by atoms with Crippen molar-refractivity contribution >= 4 is 50.1 Å². The summed E-state index contributed by atoms with van der Waals surface area (Å²) in [5.74, 6) is 0.704. The molecule has 0 unspecified atom stereocenters. The van der Waals surface area contributed by atoms with E-state index in [4.69, 9.17) is 4.74 Å². The lowest BCUT2D eigenvalue weighted by atomic mass is 10.1. The van der Waals surface area contributed by atoms with Crippen molar-refractivity contribution in [2.45, 2.75) is 0 Å². The summed E-state index contributed by atoms with van der Waals surface area (Å²) in [4.78, 5) is 15.5. The SMILES string of the molecule is COc1ccc(/C=C2/C=C(c3ccccc3)N(c3cccc4ccccc34)C2=O)cc1Br. The first-order valence-electron chi connectivity index (χ1n) is 10.3. The maximum atomic E-state index is 13.7. The Balaban J connectivity index is 1.66. The Hall–Kier alpha value is -3.63. The second kappa shape index (κ2) is 8.48. The fourth-order valence-corrected chi connectivity index (χ4v) is 4.59. The summed E-state index contributed by atoms with van der Waals surface area (Å²) >= 11 is 3.53. The van der Waals surface area contributed by atoms with E-state index in [0.29, 0.717) is 5.57 Å². The second-order valence-corrected chi connectivity index (χ2v) is 8.38. The molecule has 0 atom stereocenters. The van der Waals surface area contributed by atoms with E-state index in [0.717, 1.165) is 43.5 Å². The minimum absolute atomic E-state index is 0.0489. The number of hydrogen-bond donors (Lipinski definition) is 0. The number of amides is 1. The molecule has 4 heteroatoms. The third kappa shape index (κ3) is 3.63. The smallest absolute Gasteiger partial charge is 0.262 e. The van der Waals surface area contributed by atoms with E-state index in [-0.39, 0.29) is 5.91 Å². The monoisotopic (exact) mass is 481 g/mol. The van der Waals surface area contributed by atoms with Gasteiger partial charge in [0.2, 0.25) is 0 Å². The molecule has 0 aromatic heterocycles. The van der Waals surface area contributed by atoms with E-state index in [9.17, 15) is 4.79 Å². The van der Waals surface area contributed by atoms with Gasteiger partial charge in [-0.15, -0.1) is 0 Å². The average Bonchev–Trinajstić information content (AvgIpc) is 3.15. The first kappa shape index (κ1) is 20.3. The van der Waals surface area contributed by atoms with Crippen molar-refractivity contribution in [1.82, 2.24) is 0 Å². The first-order valence-corrected chi connectivity index (χ1v) is 11.1. The molecule has 1 heterocycles. The quantitative estimate of drug-likeness (QED) is 0.291. The highest BCUT2D eigenvalue weighted by Gasteiger charge is 2.31. The third-order valence-electron chi connectivity index (χ3n) is 5.56. The van der Waals surface area contributed by atoms with Gasteiger partial charge in [0.25, 0.3) is 5.91 Å². The fraction of sp³-hybridized carbons (Fsp3) is 0.0357. The van der Waals surface area contributed by atoms with Gasteiger partial charge in [0.05, 0.1) is 23.0 Å². The number of carbonyl (C=O) groups is 1. The summed E-state index contributed by atoms with van der Waals surface area (Å²) in [6.45, 7) is 0. The zero-order chi connectivity index (χ0) is 22.1. The summed E-state index contributed by atoms with van der Waals surface area (Å²) in [5, 5.41) is 2.14. The van der Waals surface area contributed by atoms with Crippen LogP contribution in [-0.2, 0) is 4.79 Å². The van der Waals surface area contributed by atoms with E-state index in [1.165, 1.54) is 0 Å². The molecule has 4 aromatic carbocycles. The molecule has 1 amide bonds. The lowest BCUT2D eigenvalue weighted by Crippen LogP contribution is -2.25. The van der Waals surface area contributed by atoms with Crippen molar-refractivity contribution in [2.24, 2.45) is 0 Å². The van der Waals surface area contributed by atoms with Crippen LogP contribution in [0.3, 0.4) is 0 Å². The predicted octanol–water partition coefficient (Wildman–Crippen LogP) is 7.08. The molecule has 0 N–H and O–H groups in total. The van der Waals surface area contributed by atoms with Crippen LogP contribution in [0.4, 0.5) is 5.69 Å². The van der Waals surface area contributed by atoms with Crippen LogP contribution >= 0.6 is 15.9 Å². The molecule has 0 fully saturated rings. The van der Waals surface area contributed by atoms with Crippen molar-refractivity contribution in [3.8, 4) is 5.75 Å². The van der Waals surface area contributed by atoms with Crippen molar-refractivity contribution in [1.29, 1.82) is 0 Å². The molecule has 0 bridgehead atoms. The normalized spacial score (nSPS) is 14.8. The van der Waals surface area contributed by atoms with Gasteiger partial charge >= 0.3 is 0 Å². The van der Waals surface area contributed by atoms with Crippen LogP contribution < -0.4 is 9.64 Å². The Morgan fingerprint density at radius 2 is 1.62 bits per heavy atom. The van der Waals surface area contributed by atoms with Gasteiger partial charge in [0.1, 0.15) is 5.75 Å². The number of benzene rings is 4. The predicted molar refractivity (Wildman–Crippen MR) is 135 cm³/mol. The molecule has 0 aliphatic carbocycles. The molecule has 1 aliphatic rings. The second-order valence-electron chi connectivity index (χ2n) is 7.53. The fourth-order valence-electron chi connectivity index (χ4n) is 4.03. The van der Waals surface area contributed by atoms with Crippen LogP contribution in [0.1, 0.15) is 11.1 Å². The first-order chi connectivity index (χ1) is 15.7. The number of halogens is 1. The largest absolute Gasteiger partial charge is 0.496 e.